The number of nitrogens with zero attached hydrogens (tertiary/aromatic N) is 1. The second-order valence-corrected chi connectivity index (χ2v) is 2.84. The average molecular weight is 225 g/mol. The van der Waals surface area contributed by atoms with Crippen molar-refractivity contribution in [3.05, 3.63) is 51.5 Å². The molecule has 0 aromatic heterocycles. The Balaban J connectivity index is 2.91. The number of esters is 1. The van der Waals surface area contributed by atoms with E-state index in [1.54, 1.807) is 0 Å². The van der Waals surface area contributed by atoms with Crippen LogP contribution in [0.15, 0.2) is 30.2 Å². The summed E-state index contributed by atoms with van der Waals surface area (Å²) in [6.45, 7) is 0. The monoisotopic (exact) mass is 225 g/mol. The molecule has 0 aliphatic carbocycles. The van der Waals surface area contributed by atoms with Crippen molar-refractivity contribution < 1.29 is 18.8 Å². The largest absolute Gasteiger partial charge is 0.465 e. The second-order valence-electron chi connectivity index (χ2n) is 2.84. The SMILES string of the molecule is COC(=O)c1ccc(/C=C(\F)[N+](=O)[O-])cc1. The number of hydrogen-bond acceptors (Lipinski definition) is 4. The van der Waals surface area contributed by atoms with Crippen LogP contribution in [0.25, 0.3) is 6.08 Å². The smallest absolute Gasteiger partial charge is 0.419 e. The Labute approximate surface area is 90.3 Å². The molecule has 84 valence electrons. The third-order valence-electron chi connectivity index (χ3n) is 1.79. The number of nitro groups is 1. The summed E-state index contributed by atoms with van der Waals surface area (Å²) in [7, 11) is 1.24. The minimum Gasteiger partial charge on any atom is -0.465 e. The van der Waals surface area contributed by atoms with Gasteiger partial charge in [0.15, 0.2) is 0 Å². The number of rotatable bonds is 3. The first-order chi connectivity index (χ1) is 7.54. The average Bonchev–Trinajstić information content (AvgIpc) is 2.28. The fourth-order valence-corrected chi connectivity index (χ4v) is 1.02. The molecule has 1 aromatic rings. The van der Waals surface area contributed by atoms with Crippen molar-refractivity contribution in [2.75, 3.05) is 7.11 Å². The Bertz CT molecular complexity index is 439. The zero-order valence-electron chi connectivity index (χ0n) is 8.34. The molecule has 0 heterocycles. The lowest BCUT2D eigenvalue weighted by atomic mass is 10.1. The molecule has 0 radical (unpaired) electrons. The van der Waals surface area contributed by atoms with Crippen LogP contribution in [0, 0.1) is 10.1 Å². The van der Waals surface area contributed by atoms with Gasteiger partial charge in [-0.1, -0.05) is 12.1 Å². The number of ether oxygens (including phenoxy) is 1. The van der Waals surface area contributed by atoms with E-state index in [1.165, 1.54) is 31.4 Å². The quantitative estimate of drug-likeness (QED) is 0.341. The van der Waals surface area contributed by atoms with E-state index in [0.29, 0.717) is 11.1 Å². The summed E-state index contributed by atoms with van der Waals surface area (Å²) in [5.41, 5.74) is 0.586. The fraction of sp³-hybridized carbons (Fsp3) is 0.100. The van der Waals surface area contributed by atoms with Crippen LogP contribution in [-0.4, -0.2) is 18.0 Å². The zero-order valence-corrected chi connectivity index (χ0v) is 8.34. The van der Waals surface area contributed by atoms with E-state index in [1.807, 2.05) is 0 Å². The molecule has 6 heteroatoms. The molecule has 0 spiro atoms. The molecule has 0 N–H and O–H groups in total. The van der Waals surface area contributed by atoms with Gasteiger partial charge in [0, 0.05) is 0 Å². The summed E-state index contributed by atoms with van der Waals surface area (Å²) < 4.78 is 17.1. The van der Waals surface area contributed by atoms with Gasteiger partial charge in [-0.25, -0.2) is 4.79 Å². The predicted molar refractivity (Wildman–Crippen MR) is 53.9 cm³/mol. The van der Waals surface area contributed by atoms with Crippen LogP contribution in [0.4, 0.5) is 4.39 Å². The summed E-state index contributed by atoms with van der Waals surface area (Å²) in [6, 6.07) is 5.56. The highest BCUT2D eigenvalue weighted by Gasteiger charge is 2.08. The summed E-state index contributed by atoms with van der Waals surface area (Å²) in [6.07, 6.45) is 0.765. The summed E-state index contributed by atoms with van der Waals surface area (Å²) in [5.74, 6) is -1.98. The molecule has 1 rings (SSSR count). The van der Waals surface area contributed by atoms with Gasteiger partial charge in [0.05, 0.1) is 23.7 Å². The van der Waals surface area contributed by atoms with E-state index in [0.717, 1.165) is 6.08 Å². The van der Waals surface area contributed by atoms with Crippen LogP contribution in [0.5, 0.6) is 0 Å². The third-order valence-corrected chi connectivity index (χ3v) is 1.79. The molecular formula is C10H8FNO4. The maximum atomic E-state index is 12.6. The van der Waals surface area contributed by atoms with E-state index in [2.05, 4.69) is 4.74 Å². The van der Waals surface area contributed by atoms with Crippen molar-refractivity contribution in [2.45, 2.75) is 0 Å². The van der Waals surface area contributed by atoms with Crippen molar-refractivity contribution in [1.29, 1.82) is 0 Å². The van der Waals surface area contributed by atoms with Gasteiger partial charge in [0.2, 0.25) is 0 Å². The fourth-order valence-electron chi connectivity index (χ4n) is 1.02. The Morgan fingerprint density at radius 1 is 1.44 bits per heavy atom. The molecule has 0 saturated heterocycles. The Hall–Kier alpha value is -2.24. The van der Waals surface area contributed by atoms with Gasteiger partial charge in [0.1, 0.15) is 0 Å². The molecule has 5 nitrogen and oxygen atoms in total. The minimum atomic E-state index is -1.45. The number of methoxy groups -OCH3 is 1. The van der Waals surface area contributed by atoms with E-state index >= 15 is 0 Å². The van der Waals surface area contributed by atoms with Crippen LogP contribution >= 0.6 is 0 Å². The summed E-state index contributed by atoms with van der Waals surface area (Å²) in [4.78, 5) is 19.9. The van der Waals surface area contributed by atoms with E-state index < -0.39 is 16.8 Å². The van der Waals surface area contributed by atoms with Crippen LogP contribution in [0.1, 0.15) is 15.9 Å². The first-order valence-corrected chi connectivity index (χ1v) is 4.24. The Kier molecular flexibility index (Phi) is 3.71. The highest BCUT2D eigenvalue weighted by atomic mass is 19.1. The highest BCUT2D eigenvalue weighted by molar-refractivity contribution is 5.89. The van der Waals surface area contributed by atoms with Gasteiger partial charge < -0.3 is 4.74 Å². The molecule has 0 unspecified atom stereocenters. The van der Waals surface area contributed by atoms with Crippen molar-refractivity contribution >= 4 is 12.0 Å². The summed E-state index contributed by atoms with van der Waals surface area (Å²) in [5, 5.41) is 10.0. The number of benzene rings is 1. The number of hydrogen-bond donors (Lipinski definition) is 0. The molecule has 0 saturated carbocycles. The normalized spacial score (nSPS) is 11.0. The van der Waals surface area contributed by atoms with E-state index in [4.69, 9.17) is 0 Å². The van der Waals surface area contributed by atoms with Crippen LogP contribution in [-0.2, 0) is 4.74 Å². The summed E-state index contributed by atoms with van der Waals surface area (Å²) >= 11 is 0. The lowest BCUT2D eigenvalue weighted by Gasteiger charge is -1.98. The maximum absolute atomic E-state index is 12.6. The number of carbonyl (C=O) groups is 1. The Morgan fingerprint density at radius 3 is 2.44 bits per heavy atom. The van der Waals surface area contributed by atoms with Gasteiger partial charge in [-0.3, -0.25) is 10.1 Å². The molecule has 0 aliphatic rings. The third kappa shape index (κ3) is 2.88. The molecule has 16 heavy (non-hydrogen) atoms. The lowest BCUT2D eigenvalue weighted by Crippen LogP contribution is -2.00. The van der Waals surface area contributed by atoms with Crippen molar-refractivity contribution in [1.82, 2.24) is 0 Å². The van der Waals surface area contributed by atoms with Crippen LogP contribution < -0.4 is 0 Å². The molecule has 0 aliphatic heterocycles. The molecule has 1 aromatic carbocycles. The Morgan fingerprint density at radius 2 is 2.00 bits per heavy atom. The molecule has 0 bridgehead atoms. The van der Waals surface area contributed by atoms with Gasteiger partial charge >= 0.3 is 11.9 Å². The van der Waals surface area contributed by atoms with Gasteiger partial charge in [-0.05, 0) is 17.7 Å². The van der Waals surface area contributed by atoms with Crippen molar-refractivity contribution in [3.63, 3.8) is 0 Å². The number of carbonyl (C=O) groups excluding carboxylic acids is 1. The first kappa shape index (κ1) is 11.8. The topological polar surface area (TPSA) is 69.4 Å². The minimum absolute atomic E-state index is 0.293. The van der Waals surface area contributed by atoms with Crippen molar-refractivity contribution in [2.24, 2.45) is 0 Å². The molecule has 0 fully saturated rings. The van der Waals surface area contributed by atoms with Crippen LogP contribution in [0.2, 0.25) is 0 Å². The van der Waals surface area contributed by atoms with Gasteiger partial charge in [-0.2, -0.15) is 0 Å². The van der Waals surface area contributed by atoms with E-state index in [9.17, 15) is 19.3 Å². The standard InChI is InChI=1S/C10H8FNO4/c1-16-10(13)8-4-2-7(3-5-8)6-9(11)12(14)15/h2-6H,1H3/b9-6+. The van der Waals surface area contributed by atoms with Crippen molar-refractivity contribution in [3.8, 4) is 0 Å². The second kappa shape index (κ2) is 5.01. The predicted octanol–water partition coefficient (Wildman–Crippen LogP) is 2.02. The lowest BCUT2D eigenvalue weighted by molar-refractivity contribution is -0.445. The van der Waals surface area contributed by atoms with Gasteiger partial charge in [0.25, 0.3) is 0 Å². The molecule has 0 atom stereocenters. The van der Waals surface area contributed by atoms with Crippen LogP contribution in [0.3, 0.4) is 0 Å². The molecule has 0 amide bonds. The molecular weight excluding hydrogens is 217 g/mol. The maximum Gasteiger partial charge on any atom is 0.419 e. The highest BCUT2D eigenvalue weighted by Crippen LogP contribution is 2.10. The zero-order chi connectivity index (χ0) is 12.1. The van der Waals surface area contributed by atoms with E-state index in [-0.39, 0.29) is 0 Å². The number of halogens is 1. The first-order valence-electron chi connectivity index (χ1n) is 4.24. The van der Waals surface area contributed by atoms with Gasteiger partial charge in [-0.15, -0.1) is 4.39 Å².